The van der Waals surface area contributed by atoms with Gasteiger partial charge in [-0.05, 0) is 13.8 Å². The van der Waals surface area contributed by atoms with E-state index >= 15 is 0 Å². The number of aryl methyl sites for hydroxylation is 1. The SMILES string of the molecule is COCc1nnc2n1CCN(Cc1cncc(C)n1)C(C)C2. The summed E-state index contributed by atoms with van der Waals surface area (Å²) in [5.74, 6) is 1.94. The van der Waals surface area contributed by atoms with Crippen molar-refractivity contribution in [2.45, 2.75) is 46.0 Å². The second-order valence-electron chi connectivity index (χ2n) is 5.79. The van der Waals surface area contributed by atoms with Gasteiger partial charge in [0, 0.05) is 51.6 Å². The van der Waals surface area contributed by atoms with E-state index in [2.05, 4.69) is 36.6 Å². The van der Waals surface area contributed by atoms with Gasteiger partial charge in [-0.1, -0.05) is 0 Å². The van der Waals surface area contributed by atoms with Gasteiger partial charge in [-0.15, -0.1) is 10.2 Å². The van der Waals surface area contributed by atoms with Crippen molar-refractivity contribution in [3.63, 3.8) is 0 Å². The predicted molar refractivity (Wildman–Crippen MR) is 81.1 cm³/mol. The maximum atomic E-state index is 5.20. The zero-order chi connectivity index (χ0) is 15.5. The fraction of sp³-hybridized carbons (Fsp3) is 0.600. The molecule has 0 bridgehead atoms. The standard InChI is InChI=1S/C15H22N6O/c1-11-7-16-8-13(17-11)9-20-4-5-21-14(6-12(20)2)18-19-15(21)10-22-3/h7-8,12H,4-6,9-10H2,1-3H3. The number of rotatable bonds is 4. The highest BCUT2D eigenvalue weighted by atomic mass is 16.5. The van der Waals surface area contributed by atoms with Crippen LogP contribution in [-0.4, -0.2) is 49.3 Å². The fourth-order valence-electron chi connectivity index (χ4n) is 2.89. The minimum absolute atomic E-state index is 0.392. The van der Waals surface area contributed by atoms with Gasteiger partial charge in [0.15, 0.2) is 5.82 Å². The van der Waals surface area contributed by atoms with Crippen LogP contribution in [0.1, 0.15) is 30.0 Å². The first-order valence-corrected chi connectivity index (χ1v) is 7.59. The highest BCUT2D eigenvalue weighted by Gasteiger charge is 2.24. The molecule has 0 aromatic carbocycles. The summed E-state index contributed by atoms with van der Waals surface area (Å²) in [6.07, 6.45) is 4.52. The number of aromatic nitrogens is 5. The molecule has 3 rings (SSSR count). The Morgan fingerprint density at radius 3 is 2.91 bits per heavy atom. The van der Waals surface area contributed by atoms with Gasteiger partial charge in [-0.25, -0.2) is 0 Å². The van der Waals surface area contributed by atoms with Crippen LogP contribution in [0.25, 0.3) is 0 Å². The molecule has 7 nitrogen and oxygen atoms in total. The van der Waals surface area contributed by atoms with E-state index in [1.165, 1.54) is 0 Å². The summed E-state index contributed by atoms with van der Waals surface area (Å²) in [6, 6.07) is 0.392. The second kappa shape index (κ2) is 6.50. The molecule has 0 N–H and O–H groups in total. The number of ether oxygens (including phenoxy) is 1. The Labute approximate surface area is 130 Å². The monoisotopic (exact) mass is 302 g/mol. The topological polar surface area (TPSA) is 69.0 Å². The summed E-state index contributed by atoms with van der Waals surface area (Å²) < 4.78 is 7.38. The first-order valence-electron chi connectivity index (χ1n) is 7.59. The molecule has 3 heterocycles. The van der Waals surface area contributed by atoms with E-state index in [-0.39, 0.29) is 0 Å². The van der Waals surface area contributed by atoms with Gasteiger partial charge in [-0.3, -0.25) is 14.9 Å². The normalized spacial score (nSPS) is 19.0. The number of nitrogens with zero attached hydrogens (tertiary/aromatic N) is 6. The van der Waals surface area contributed by atoms with E-state index in [1.807, 2.05) is 13.1 Å². The molecular weight excluding hydrogens is 280 g/mol. The molecule has 0 saturated heterocycles. The van der Waals surface area contributed by atoms with Crippen LogP contribution in [0.3, 0.4) is 0 Å². The lowest BCUT2D eigenvalue weighted by Crippen LogP contribution is -2.34. The Kier molecular flexibility index (Phi) is 4.44. The highest BCUT2D eigenvalue weighted by molar-refractivity contribution is 5.04. The average Bonchev–Trinajstić information content (AvgIpc) is 2.78. The van der Waals surface area contributed by atoms with E-state index in [1.54, 1.807) is 13.3 Å². The van der Waals surface area contributed by atoms with Crippen LogP contribution in [-0.2, 0) is 30.9 Å². The van der Waals surface area contributed by atoms with Gasteiger partial charge < -0.3 is 9.30 Å². The van der Waals surface area contributed by atoms with Gasteiger partial charge in [0.2, 0.25) is 0 Å². The summed E-state index contributed by atoms with van der Waals surface area (Å²) >= 11 is 0. The van der Waals surface area contributed by atoms with Crippen molar-refractivity contribution in [3.8, 4) is 0 Å². The van der Waals surface area contributed by atoms with Crippen molar-refractivity contribution in [2.24, 2.45) is 0 Å². The number of hydrogen-bond donors (Lipinski definition) is 0. The van der Waals surface area contributed by atoms with Gasteiger partial charge in [0.1, 0.15) is 12.4 Å². The Bertz CT molecular complexity index is 641. The molecule has 0 radical (unpaired) electrons. The van der Waals surface area contributed by atoms with Crippen molar-refractivity contribution in [3.05, 3.63) is 35.4 Å². The van der Waals surface area contributed by atoms with Crippen LogP contribution >= 0.6 is 0 Å². The van der Waals surface area contributed by atoms with E-state index in [9.17, 15) is 0 Å². The third kappa shape index (κ3) is 3.15. The van der Waals surface area contributed by atoms with Crippen LogP contribution < -0.4 is 0 Å². The molecule has 0 fully saturated rings. The first-order chi connectivity index (χ1) is 10.7. The molecule has 0 aliphatic carbocycles. The van der Waals surface area contributed by atoms with E-state index < -0.39 is 0 Å². The van der Waals surface area contributed by atoms with Crippen molar-refractivity contribution < 1.29 is 4.74 Å². The molecule has 1 aliphatic heterocycles. The van der Waals surface area contributed by atoms with E-state index in [4.69, 9.17) is 4.74 Å². The predicted octanol–water partition coefficient (Wildman–Crippen LogP) is 0.970. The molecule has 0 spiro atoms. The molecule has 1 aliphatic rings. The lowest BCUT2D eigenvalue weighted by molar-refractivity contribution is 0.170. The number of hydrogen-bond acceptors (Lipinski definition) is 6. The third-order valence-electron chi connectivity index (χ3n) is 4.06. The molecule has 1 atom stereocenters. The van der Waals surface area contributed by atoms with Crippen LogP contribution in [0.4, 0.5) is 0 Å². The molecule has 2 aromatic rings. The lowest BCUT2D eigenvalue weighted by Gasteiger charge is -2.25. The Morgan fingerprint density at radius 1 is 1.27 bits per heavy atom. The molecule has 22 heavy (non-hydrogen) atoms. The zero-order valence-corrected chi connectivity index (χ0v) is 13.4. The average molecular weight is 302 g/mol. The quantitative estimate of drug-likeness (QED) is 0.838. The minimum atomic E-state index is 0.392. The van der Waals surface area contributed by atoms with Crippen molar-refractivity contribution in [1.82, 2.24) is 29.6 Å². The molecule has 1 unspecified atom stereocenters. The van der Waals surface area contributed by atoms with Gasteiger partial charge in [0.05, 0.1) is 11.4 Å². The van der Waals surface area contributed by atoms with E-state index in [0.717, 1.165) is 49.1 Å². The zero-order valence-electron chi connectivity index (χ0n) is 13.4. The summed E-state index contributed by atoms with van der Waals surface area (Å²) in [5.41, 5.74) is 1.97. The number of methoxy groups -OCH3 is 1. The van der Waals surface area contributed by atoms with Crippen LogP contribution in [0.5, 0.6) is 0 Å². The Morgan fingerprint density at radius 2 is 2.14 bits per heavy atom. The molecular formula is C15H22N6O. The maximum absolute atomic E-state index is 5.20. The largest absolute Gasteiger partial charge is 0.377 e. The maximum Gasteiger partial charge on any atom is 0.159 e. The fourth-order valence-corrected chi connectivity index (χ4v) is 2.89. The van der Waals surface area contributed by atoms with Crippen LogP contribution in [0.2, 0.25) is 0 Å². The molecule has 7 heteroatoms. The number of fused-ring (bicyclic) bond motifs is 1. The minimum Gasteiger partial charge on any atom is -0.377 e. The van der Waals surface area contributed by atoms with Crippen molar-refractivity contribution in [1.29, 1.82) is 0 Å². The summed E-state index contributed by atoms with van der Waals surface area (Å²) in [4.78, 5) is 11.2. The molecule has 2 aromatic heterocycles. The summed E-state index contributed by atoms with van der Waals surface area (Å²) in [6.45, 7) is 7.34. The smallest absolute Gasteiger partial charge is 0.159 e. The first kappa shape index (κ1) is 15.1. The molecule has 0 amide bonds. The Hall–Kier alpha value is -1.86. The summed E-state index contributed by atoms with van der Waals surface area (Å²) in [5, 5.41) is 8.55. The molecule has 0 saturated carbocycles. The lowest BCUT2D eigenvalue weighted by atomic mass is 10.2. The van der Waals surface area contributed by atoms with Gasteiger partial charge >= 0.3 is 0 Å². The Balaban J connectivity index is 1.74. The molecule has 118 valence electrons. The van der Waals surface area contributed by atoms with Gasteiger partial charge in [0.25, 0.3) is 0 Å². The van der Waals surface area contributed by atoms with Crippen molar-refractivity contribution >= 4 is 0 Å². The highest BCUT2D eigenvalue weighted by Crippen LogP contribution is 2.17. The van der Waals surface area contributed by atoms with Crippen LogP contribution in [0.15, 0.2) is 12.4 Å². The van der Waals surface area contributed by atoms with Crippen molar-refractivity contribution in [2.75, 3.05) is 13.7 Å². The van der Waals surface area contributed by atoms with Gasteiger partial charge in [-0.2, -0.15) is 0 Å². The van der Waals surface area contributed by atoms with E-state index in [0.29, 0.717) is 12.6 Å². The summed E-state index contributed by atoms with van der Waals surface area (Å²) in [7, 11) is 1.68. The van der Waals surface area contributed by atoms with Crippen LogP contribution in [0, 0.1) is 6.92 Å². The third-order valence-corrected chi connectivity index (χ3v) is 4.06. The second-order valence-corrected chi connectivity index (χ2v) is 5.79.